The quantitative estimate of drug-likeness (QED) is 0.450. The fraction of sp³-hybridized carbons (Fsp3) is 0.407. The van der Waals surface area contributed by atoms with Gasteiger partial charge in [0.25, 0.3) is 5.91 Å². The summed E-state index contributed by atoms with van der Waals surface area (Å²) in [5.41, 5.74) is 6.40. The molecule has 5 rings (SSSR count). The average molecular weight is 472 g/mol. The number of hydrogen-bond acceptors (Lipinski definition) is 5. The van der Waals surface area contributed by atoms with Gasteiger partial charge in [-0.3, -0.25) is 14.5 Å². The van der Waals surface area contributed by atoms with Gasteiger partial charge in [-0.25, -0.2) is 4.98 Å². The number of nitrogens with zero attached hydrogens (tertiary/aromatic N) is 6. The predicted octanol–water partition coefficient (Wildman–Crippen LogP) is 4.41. The van der Waals surface area contributed by atoms with Crippen molar-refractivity contribution in [2.45, 2.75) is 39.2 Å². The lowest BCUT2D eigenvalue weighted by Crippen LogP contribution is -2.34. The molecule has 8 heteroatoms. The molecule has 0 radical (unpaired) electrons. The standard InChI is InChI=1S/C27H33N7O/c1-5-18-11-19(13-28-25(18)27(35)32(3)4)20-12-23-24(16-30-26(23)29-14-20)21-15-31-34(17-21)22-7-9-33(6-2)10-8-22/h11-17,22H,5-10H2,1-4H3,(H,29,30). The largest absolute Gasteiger partial charge is 0.346 e. The molecule has 8 nitrogen and oxygen atoms in total. The van der Waals surface area contributed by atoms with Crippen molar-refractivity contribution >= 4 is 16.9 Å². The molecule has 0 unspecified atom stereocenters. The predicted molar refractivity (Wildman–Crippen MR) is 138 cm³/mol. The van der Waals surface area contributed by atoms with E-state index in [1.54, 1.807) is 25.2 Å². The number of rotatable bonds is 6. The van der Waals surface area contributed by atoms with Crippen LogP contribution in [0, 0.1) is 0 Å². The van der Waals surface area contributed by atoms with Crippen LogP contribution in [0.15, 0.2) is 43.1 Å². The van der Waals surface area contributed by atoms with Gasteiger partial charge in [0.05, 0.1) is 12.2 Å². The maximum absolute atomic E-state index is 12.5. The minimum Gasteiger partial charge on any atom is -0.346 e. The summed E-state index contributed by atoms with van der Waals surface area (Å²) in [6.45, 7) is 7.64. The molecular formula is C27H33N7O. The zero-order valence-electron chi connectivity index (χ0n) is 21.0. The highest BCUT2D eigenvalue weighted by Crippen LogP contribution is 2.32. The van der Waals surface area contributed by atoms with Gasteiger partial charge in [-0.05, 0) is 43.5 Å². The Morgan fingerprint density at radius 1 is 1.06 bits per heavy atom. The maximum atomic E-state index is 12.5. The van der Waals surface area contributed by atoms with Crippen molar-refractivity contribution in [3.63, 3.8) is 0 Å². The van der Waals surface area contributed by atoms with E-state index < -0.39 is 0 Å². The fourth-order valence-electron chi connectivity index (χ4n) is 4.92. The van der Waals surface area contributed by atoms with E-state index in [4.69, 9.17) is 5.10 Å². The number of amides is 1. The van der Waals surface area contributed by atoms with Crippen LogP contribution in [0.25, 0.3) is 33.3 Å². The monoisotopic (exact) mass is 471 g/mol. The van der Waals surface area contributed by atoms with Crippen LogP contribution in [-0.4, -0.2) is 74.2 Å². The number of aromatic amines is 1. The van der Waals surface area contributed by atoms with Crippen molar-refractivity contribution < 1.29 is 4.79 Å². The van der Waals surface area contributed by atoms with E-state index in [9.17, 15) is 4.79 Å². The third-order valence-electron chi connectivity index (χ3n) is 7.11. The molecule has 4 aromatic heterocycles. The summed E-state index contributed by atoms with van der Waals surface area (Å²) in [6, 6.07) is 4.65. The Hall–Kier alpha value is -3.52. The summed E-state index contributed by atoms with van der Waals surface area (Å²) in [4.78, 5) is 29.0. The van der Waals surface area contributed by atoms with Gasteiger partial charge in [-0.15, -0.1) is 0 Å². The van der Waals surface area contributed by atoms with Gasteiger partial charge in [-0.1, -0.05) is 13.8 Å². The first-order chi connectivity index (χ1) is 17.0. The van der Waals surface area contributed by atoms with Crippen molar-refractivity contribution in [2.24, 2.45) is 0 Å². The summed E-state index contributed by atoms with van der Waals surface area (Å²) < 4.78 is 2.14. The summed E-state index contributed by atoms with van der Waals surface area (Å²) in [6.07, 6.45) is 12.8. The molecule has 1 amide bonds. The number of aryl methyl sites for hydroxylation is 1. The van der Waals surface area contributed by atoms with Gasteiger partial charge in [0.15, 0.2) is 0 Å². The molecule has 182 valence electrons. The van der Waals surface area contributed by atoms with E-state index in [-0.39, 0.29) is 5.91 Å². The number of aromatic nitrogens is 5. The lowest BCUT2D eigenvalue weighted by Gasteiger charge is -2.31. The summed E-state index contributed by atoms with van der Waals surface area (Å²) >= 11 is 0. The Kier molecular flexibility index (Phi) is 6.38. The van der Waals surface area contributed by atoms with Gasteiger partial charge in [-0.2, -0.15) is 5.10 Å². The second kappa shape index (κ2) is 9.62. The zero-order valence-corrected chi connectivity index (χ0v) is 21.0. The zero-order chi connectivity index (χ0) is 24.5. The number of H-pyrrole nitrogens is 1. The normalized spacial score (nSPS) is 15.1. The van der Waals surface area contributed by atoms with Crippen molar-refractivity contribution in [3.8, 4) is 22.3 Å². The second-order valence-electron chi connectivity index (χ2n) is 9.48. The van der Waals surface area contributed by atoms with Gasteiger partial charge in [0, 0.05) is 79.6 Å². The highest BCUT2D eigenvalue weighted by molar-refractivity contribution is 5.96. The summed E-state index contributed by atoms with van der Waals surface area (Å²) in [7, 11) is 3.50. The lowest BCUT2D eigenvalue weighted by atomic mass is 10.0. The molecule has 1 aliphatic heterocycles. The first-order valence-electron chi connectivity index (χ1n) is 12.4. The topological polar surface area (TPSA) is 82.9 Å². The van der Waals surface area contributed by atoms with E-state index >= 15 is 0 Å². The van der Waals surface area contributed by atoms with Crippen molar-refractivity contribution in [2.75, 3.05) is 33.7 Å². The van der Waals surface area contributed by atoms with E-state index in [1.165, 1.54) is 0 Å². The molecule has 1 N–H and O–H groups in total. The van der Waals surface area contributed by atoms with Crippen molar-refractivity contribution in [3.05, 3.63) is 54.4 Å². The molecule has 1 saturated heterocycles. The summed E-state index contributed by atoms with van der Waals surface area (Å²) in [5, 5.41) is 5.77. The van der Waals surface area contributed by atoms with Crippen molar-refractivity contribution in [1.29, 1.82) is 0 Å². The van der Waals surface area contributed by atoms with Gasteiger partial charge < -0.3 is 14.8 Å². The van der Waals surface area contributed by atoms with Gasteiger partial charge in [0.2, 0.25) is 0 Å². The summed E-state index contributed by atoms with van der Waals surface area (Å²) in [5.74, 6) is -0.0766. The molecule has 1 fully saturated rings. The lowest BCUT2D eigenvalue weighted by molar-refractivity contribution is 0.0821. The number of nitrogens with one attached hydrogen (secondary N) is 1. The Bertz CT molecular complexity index is 1340. The molecule has 0 atom stereocenters. The molecule has 35 heavy (non-hydrogen) atoms. The maximum Gasteiger partial charge on any atom is 0.272 e. The van der Waals surface area contributed by atoms with Gasteiger partial charge in [0.1, 0.15) is 11.3 Å². The van der Waals surface area contributed by atoms with Crippen molar-refractivity contribution in [1.82, 2.24) is 34.5 Å². The highest BCUT2D eigenvalue weighted by Gasteiger charge is 2.21. The molecule has 0 aliphatic carbocycles. The minimum atomic E-state index is -0.0766. The van der Waals surface area contributed by atoms with Crippen LogP contribution in [0.5, 0.6) is 0 Å². The average Bonchev–Trinajstić information content (AvgIpc) is 3.54. The number of carbonyl (C=O) groups is 1. The molecule has 0 bridgehead atoms. The van der Waals surface area contributed by atoms with E-state index in [1.807, 2.05) is 25.5 Å². The van der Waals surface area contributed by atoms with Gasteiger partial charge >= 0.3 is 0 Å². The molecule has 0 saturated carbocycles. The highest BCUT2D eigenvalue weighted by atomic mass is 16.2. The SMILES string of the molecule is CCc1cc(-c2cnc3[nH]cc(-c4cnn(C5CCN(CC)CC5)c4)c3c2)cnc1C(=O)N(C)C. The Morgan fingerprint density at radius 2 is 1.80 bits per heavy atom. The minimum absolute atomic E-state index is 0.0766. The van der Waals surface area contributed by atoms with Crippen LogP contribution >= 0.6 is 0 Å². The van der Waals surface area contributed by atoms with E-state index in [2.05, 4.69) is 49.8 Å². The van der Waals surface area contributed by atoms with Crippen LogP contribution < -0.4 is 0 Å². The number of carbonyl (C=O) groups excluding carboxylic acids is 1. The van der Waals surface area contributed by atoms with Crippen LogP contribution in [0.1, 0.15) is 48.8 Å². The second-order valence-corrected chi connectivity index (χ2v) is 9.48. The Morgan fingerprint density at radius 3 is 2.51 bits per heavy atom. The molecule has 4 aromatic rings. The molecule has 0 aromatic carbocycles. The molecule has 1 aliphatic rings. The van der Waals surface area contributed by atoms with Crippen LogP contribution in [0.4, 0.5) is 0 Å². The molecule has 5 heterocycles. The van der Waals surface area contributed by atoms with Crippen LogP contribution in [0.2, 0.25) is 0 Å². The first-order valence-corrected chi connectivity index (χ1v) is 12.4. The van der Waals surface area contributed by atoms with E-state index in [0.717, 1.165) is 77.7 Å². The Balaban J connectivity index is 1.45. The number of hydrogen-bond donors (Lipinski definition) is 1. The third-order valence-corrected chi connectivity index (χ3v) is 7.11. The number of likely N-dealkylation sites (tertiary alicyclic amines) is 1. The van der Waals surface area contributed by atoms with Crippen LogP contribution in [-0.2, 0) is 6.42 Å². The fourth-order valence-corrected chi connectivity index (χ4v) is 4.92. The smallest absolute Gasteiger partial charge is 0.272 e. The third kappa shape index (κ3) is 4.46. The molecular weight excluding hydrogens is 438 g/mol. The number of piperidine rings is 1. The molecule has 0 spiro atoms. The van der Waals surface area contributed by atoms with E-state index in [0.29, 0.717) is 11.7 Å². The van der Waals surface area contributed by atoms with Crippen LogP contribution in [0.3, 0.4) is 0 Å². The number of fused-ring (bicyclic) bond motifs is 1. The number of pyridine rings is 2. The first kappa shape index (κ1) is 23.2. The Labute approximate surface area is 206 Å².